The minimum absolute atomic E-state index is 0.240. The number of phenolic OH excluding ortho intramolecular Hbond substituents is 1. The van der Waals surface area contributed by atoms with E-state index in [0.29, 0.717) is 12.2 Å². The van der Waals surface area contributed by atoms with Crippen molar-refractivity contribution in [3.05, 3.63) is 78.4 Å². The van der Waals surface area contributed by atoms with Crippen LogP contribution in [-0.2, 0) is 11.8 Å². The summed E-state index contributed by atoms with van der Waals surface area (Å²) in [5.74, 6) is 0.297. The van der Waals surface area contributed by atoms with Crippen molar-refractivity contribution in [1.29, 1.82) is 0 Å². The van der Waals surface area contributed by atoms with Crippen molar-refractivity contribution in [1.82, 2.24) is 0 Å². The zero-order chi connectivity index (χ0) is 18.2. The van der Waals surface area contributed by atoms with Crippen LogP contribution in [0.4, 0.5) is 0 Å². The first-order valence-corrected chi connectivity index (χ1v) is 8.44. The normalized spacial score (nSPS) is 13.9. The van der Waals surface area contributed by atoms with Gasteiger partial charge in [0.2, 0.25) is 0 Å². The van der Waals surface area contributed by atoms with E-state index in [2.05, 4.69) is 33.1 Å². The van der Waals surface area contributed by atoms with Crippen molar-refractivity contribution in [3.8, 4) is 5.75 Å². The largest absolute Gasteiger partial charge is 0.508 e. The third-order valence-electron chi connectivity index (χ3n) is 4.18. The van der Waals surface area contributed by atoms with Crippen LogP contribution in [0, 0.1) is 0 Å². The van der Waals surface area contributed by atoms with Gasteiger partial charge in [-0.3, -0.25) is 0 Å². The van der Waals surface area contributed by atoms with Gasteiger partial charge in [0, 0.05) is 5.41 Å². The van der Waals surface area contributed by atoms with Crippen LogP contribution in [-0.4, -0.2) is 16.3 Å². The summed E-state index contributed by atoms with van der Waals surface area (Å²) < 4.78 is 0. The number of benzene rings is 1. The highest BCUT2D eigenvalue weighted by molar-refractivity contribution is 5.46. The topological polar surface area (TPSA) is 40.5 Å². The Morgan fingerprint density at radius 3 is 2.50 bits per heavy atom. The van der Waals surface area contributed by atoms with Crippen LogP contribution in [0.5, 0.6) is 5.75 Å². The lowest BCUT2D eigenvalue weighted by Crippen LogP contribution is -2.20. The highest BCUT2D eigenvalue weighted by Crippen LogP contribution is 2.35. The van der Waals surface area contributed by atoms with E-state index < -0.39 is 6.10 Å². The molecular formula is C22H30O2. The molecule has 1 aromatic carbocycles. The molecular weight excluding hydrogens is 296 g/mol. The number of hydrogen-bond donors (Lipinski definition) is 2. The van der Waals surface area contributed by atoms with E-state index in [9.17, 15) is 10.2 Å². The van der Waals surface area contributed by atoms with Gasteiger partial charge in [-0.2, -0.15) is 0 Å². The first kappa shape index (κ1) is 20.0. The highest BCUT2D eigenvalue weighted by atomic mass is 16.3. The highest BCUT2D eigenvalue weighted by Gasteiger charge is 2.24. The molecule has 0 aliphatic heterocycles. The second-order valence-electron chi connectivity index (χ2n) is 6.59. The summed E-state index contributed by atoms with van der Waals surface area (Å²) in [4.78, 5) is 0. The molecule has 0 bridgehead atoms. The van der Waals surface area contributed by atoms with Gasteiger partial charge in [0.1, 0.15) is 5.75 Å². The molecule has 0 aliphatic rings. The van der Waals surface area contributed by atoms with Crippen LogP contribution < -0.4 is 0 Å². The smallest absolute Gasteiger partial charge is 0.119 e. The second-order valence-corrected chi connectivity index (χ2v) is 6.59. The Morgan fingerprint density at radius 1 is 1.21 bits per heavy atom. The van der Waals surface area contributed by atoms with Crippen molar-refractivity contribution in [2.75, 3.05) is 0 Å². The van der Waals surface area contributed by atoms with Gasteiger partial charge in [-0.25, -0.2) is 0 Å². The third-order valence-corrected chi connectivity index (χ3v) is 4.18. The summed E-state index contributed by atoms with van der Waals surface area (Å²) in [7, 11) is 0. The van der Waals surface area contributed by atoms with E-state index >= 15 is 0 Å². The van der Waals surface area contributed by atoms with Crippen LogP contribution in [0.3, 0.4) is 0 Å². The summed E-state index contributed by atoms with van der Waals surface area (Å²) in [5, 5.41) is 19.6. The van der Waals surface area contributed by atoms with Gasteiger partial charge in [-0.15, -0.1) is 13.2 Å². The summed E-state index contributed by atoms with van der Waals surface area (Å²) in [6.07, 6.45) is 11.7. The number of aromatic hydroxyl groups is 1. The first-order chi connectivity index (χ1) is 11.3. The maximum atomic E-state index is 10.00. The SMILES string of the molecule is C=CCC/C=C(\C=C/C(C)O)C(C)(C)c1ccc(O)c(CC=C)c1. The van der Waals surface area contributed by atoms with Gasteiger partial charge in [0.15, 0.2) is 0 Å². The van der Waals surface area contributed by atoms with E-state index in [1.54, 1.807) is 25.1 Å². The van der Waals surface area contributed by atoms with Crippen molar-refractivity contribution < 1.29 is 10.2 Å². The molecule has 0 saturated heterocycles. The lowest BCUT2D eigenvalue weighted by Gasteiger charge is -2.28. The van der Waals surface area contributed by atoms with Crippen molar-refractivity contribution in [3.63, 3.8) is 0 Å². The Balaban J connectivity index is 3.27. The van der Waals surface area contributed by atoms with E-state index in [0.717, 1.165) is 29.5 Å². The molecule has 0 aromatic heterocycles. The summed E-state index contributed by atoms with van der Waals surface area (Å²) in [5.41, 5.74) is 2.90. The van der Waals surface area contributed by atoms with E-state index in [4.69, 9.17) is 0 Å². The monoisotopic (exact) mass is 326 g/mol. The van der Waals surface area contributed by atoms with Gasteiger partial charge in [0.25, 0.3) is 0 Å². The zero-order valence-corrected chi connectivity index (χ0v) is 15.1. The molecule has 130 valence electrons. The Bertz CT molecular complexity index is 619. The lowest BCUT2D eigenvalue weighted by atomic mass is 9.76. The van der Waals surface area contributed by atoms with Crippen molar-refractivity contribution in [2.45, 2.75) is 51.6 Å². The van der Waals surface area contributed by atoms with Gasteiger partial charge >= 0.3 is 0 Å². The van der Waals surface area contributed by atoms with Gasteiger partial charge in [-0.1, -0.05) is 56.4 Å². The summed E-state index contributed by atoms with van der Waals surface area (Å²) >= 11 is 0. The minimum atomic E-state index is -0.486. The molecule has 1 aromatic rings. The van der Waals surface area contributed by atoms with Gasteiger partial charge < -0.3 is 10.2 Å². The fourth-order valence-electron chi connectivity index (χ4n) is 2.59. The molecule has 2 nitrogen and oxygen atoms in total. The number of allylic oxidation sites excluding steroid dienone is 5. The molecule has 0 fully saturated rings. The summed E-state index contributed by atoms with van der Waals surface area (Å²) in [6.45, 7) is 13.6. The molecule has 2 heteroatoms. The Labute approximate surface area is 146 Å². The zero-order valence-electron chi connectivity index (χ0n) is 15.1. The predicted octanol–water partition coefficient (Wildman–Crippen LogP) is 5.23. The van der Waals surface area contributed by atoms with Crippen molar-refractivity contribution in [2.24, 2.45) is 0 Å². The maximum absolute atomic E-state index is 10.00. The minimum Gasteiger partial charge on any atom is -0.508 e. The fourth-order valence-corrected chi connectivity index (χ4v) is 2.59. The van der Waals surface area contributed by atoms with E-state index in [1.807, 2.05) is 24.3 Å². The molecule has 1 rings (SSSR count). The molecule has 0 saturated carbocycles. The van der Waals surface area contributed by atoms with Crippen LogP contribution in [0.15, 0.2) is 67.3 Å². The molecule has 0 heterocycles. The Morgan fingerprint density at radius 2 is 1.92 bits per heavy atom. The fraction of sp³-hybridized carbons (Fsp3) is 0.364. The third kappa shape index (κ3) is 5.54. The number of phenols is 1. The molecule has 0 amide bonds. The first-order valence-electron chi connectivity index (χ1n) is 8.44. The predicted molar refractivity (Wildman–Crippen MR) is 103 cm³/mol. The Kier molecular flexibility index (Phi) is 7.73. The van der Waals surface area contributed by atoms with Crippen LogP contribution in [0.2, 0.25) is 0 Å². The number of aliphatic hydroxyl groups is 1. The van der Waals surface area contributed by atoms with Gasteiger partial charge in [-0.05, 0) is 49.0 Å². The average molecular weight is 326 g/mol. The van der Waals surface area contributed by atoms with E-state index in [-0.39, 0.29) is 5.41 Å². The molecule has 24 heavy (non-hydrogen) atoms. The van der Waals surface area contributed by atoms with Crippen LogP contribution in [0.1, 0.15) is 44.7 Å². The van der Waals surface area contributed by atoms with Crippen molar-refractivity contribution >= 4 is 0 Å². The van der Waals surface area contributed by atoms with E-state index in [1.165, 1.54) is 0 Å². The lowest BCUT2D eigenvalue weighted by molar-refractivity contribution is 0.244. The standard InChI is InChI=1S/C22H30O2/c1-6-8-9-11-19(13-12-17(3)23)22(4,5)20-14-15-21(24)18(16-20)10-7-2/h6-7,11-17,23-24H,1-2,8-10H2,3-5H3/b13-12-,19-11+. The Hall–Kier alpha value is -2.06. The van der Waals surface area contributed by atoms with Crippen LogP contribution >= 0.6 is 0 Å². The number of aliphatic hydroxyl groups excluding tert-OH is 1. The van der Waals surface area contributed by atoms with Crippen LogP contribution in [0.25, 0.3) is 0 Å². The van der Waals surface area contributed by atoms with Gasteiger partial charge in [0.05, 0.1) is 6.10 Å². The number of unbranched alkanes of at least 4 members (excludes halogenated alkanes) is 1. The molecule has 0 aliphatic carbocycles. The summed E-state index contributed by atoms with van der Waals surface area (Å²) in [6, 6.07) is 5.74. The molecule has 2 N–H and O–H groups in total. The number of rotatable bonds is 9. The quantitative estimate of drug-likeness (QED) is 0.371. The average Bonchev–Trinajstić information content (AvgIpc) is 2.52. The molecule has 0 spiro atoms. The molecule has 1 unspecified atom stereocenters. The second kappa shape index (κ2) is 9.29. The number of hydrogen-bond acceptors (Lipinski definition) is 2. The molecule has 1 atom stereocenters. The molecule has 0 radical (unpaired) electrons. The maximum Gasteiger partial charge on any atom is 0.119 e.